The van der Waals surface area contributed by atoms with Crippen LogP contribution in [0.5, 0.6) is 0 Å². The van der Waals surface area contributed by atoms with E-state index in [9.17, 15) is 4.79 Å². The number of amides is 1. The minimum absolute atomic E-state index is 0.107. The van der Waals surface area contributed by atoms with Gasteiger partial charge in [0.2, 0.25) is 0 Å². The van der Waals surface area contributed by atoms with E-state index in [-0.39, 0.29) is 5.91 Å². The van der Waals surface area contributed by atoms with Crippen molar-refractivity contribution in [3.05, 3.63) is 45.3 Å². The van der Waals surface area contributed by atoms with Crippen LogP contribution in [-0.4, -0.2) is 10.9 Å². The Morgan fingerprint density at radius 2 is 2.25 bits per heavy atom. The lowest BCUT2D eigenvalue weighted by atomic mass is 10.1. The first-order valence-electron chi connectivity index (χ1n) is 6.67. The minimum Gasteiger partial charge on any atom is -0.384 e. The van der Waals surface area contributed by atoms with Crippen molar-refractivity contribution in [1.29, 1.82) is 0 Å². The molecule has 2 aromatic rings. The molecule has 3 N–H and O–H groups in total. The second kappa shape index (κ2) is 6.52. The van der Waals surface area contributed by atoms with E-state index in [0.717, 1.165) is 18.5 Å². The van der Waals surface area contributed by atoms with Crippen LogP contribution in [0.2, 0.25) is 0 Å². The molecule has 4 nitrogen and oxygen atoms in total. The Morgan fingerprint density at radius 1 is 1.45 bits per heavy atom. The van der Waals surface area contributed by atoms with Gasteiger partial charge in [-0.3, -0.25) is 4.79 Å². The largest absolute Gasteiger partial charge is 0.384 e. The van der Waals surface area contributed by atoms with Crippen molar-refractivity contribution in [2.24, 2.45) is 0 Å². The zero-order valence-electron chi connectivity index (χ0n) is 11.8. The molecule has 2 heterocycles. The van der Waals surface area contributed by atoms with Gasteiger partial charge in [0, 0.05) is 16.1 Å². The quantitative estimate of drug-likeness (QED) is 0.889. The number of rotatable bonds is 5. The number of thiophene rings is 1. The van der Waals surface area contributed by atoms with E-state index in [4.69, 9.17) is 5.73 Å². The number of hydrogen-bond acceptors (Lipinski definition) is 4. The Bertz CT molecular complexity index is 607. The Labute approximate surface area is 123 Å². The molecule has 0 unspecified atom stereocenters. The van der Waals surface area contributed by atoms with Crippen molar-refractivity contribution in [3.8, 4) is 0 Å². The van der Waals surface area contributed by atoms with Crippen LogP contribution in [0.25, 0.3) is 0 Å². The summed E-state index contributed by atoms with van der Waals surface area (Å²) in [7, 11) is 0. The van der Waals surface area contributed by atoms with Gasteiger partial charge in [-0.2, -0.15) is 0 Å². The molecule has 0 saturated heterocycles. The van der Waals surface area contributed by atoms with Crippen LogP contribution >= 0.6 is 11.3 Å². The molecule has 106 valence electrons. The molecule has 0 aliphatic carbocycles. The van der Waals surface area contributed by atoms with Gasteiger partial charge in [0.25, 0.3) is 5.91 Å². The van der Waals surface area contributed by atoms with Gasteiger partial charge in [0.15, 0.2) is 0 Å². The number of hydrogen-bond donors (Lipinski definition) is 2. The van der Waals surface area contributed by atoms with Crippen LogP contribution in [-0.2, 0) is 13.0 Å². The molecular weight excluding hydrogens is 270 g/mol. The number of pyridine rings is 1. The fraction of sp³-hybridized carbons (Fsp3) is 0.333. The van der Waals surface area contributed by atoms with Crippen molar-refractivity contribution >= 4 is 23.1 Å². The molecule has 0 spiro atoms. The normalized spacial score (nSPS) is 10.5. The third kappa shape index (κ3) is 3.57. The first kappa shape index (κ1) is 14.5. The molecule has 0 saturated carbocycles. The van der Waals surface area contributed by atoms with E-state index < -0.39 is 0 Å². The lowest BCUT2D eigenvalue weighted by molar-refractivity contribution is 0.0951. The molecule has 2 rings (SSSR count). The summed E-state index contributed by atoms with van der Waals surface area (Å²) in [5, 5.41) is 4.96. The molecule has 20 heavy (non-hydrogen) atoms. The number of carbonyl (C=O) groups excluding carboxylic acids is 1. The van der Waals surface area contributed by atoms with E-state index in [0.29, 0.717) is 17.9 Å². The van der Waals surface area contributed by atoms with E-state index in [1.165, 1.54) is 10.4 Å². The average Bonchev–Trinajstić information content (AvgIpc) is 2.81. The van der Waals surface area contributed by atoms with Gasteiger partial charge in [-0.15, -0.1) is 11.3 Å². The van der Waals surface area contributed by atoms with Crippen LogP contribution in [0.3, 0.4) is 0 Å². The summed E-state index contributed by atoms with van der Waals surface area (Å²) >= 11 is 1.65. The molecule has 0 aromatic carbocycles. The number of aromatic nitrogens is 1. The summed E-state index contributed by atoms with van der Waals surface area (Å²) in [6.07, 6.45) is 1.81. The third-order valence-corrected chi connectivity index (χ3v) is 4.07. The monoisotopic (exact) mass is 289 g/mol. The molecule has 0 aliphatic heterocycles. The van der Waals surface area contributed by atoms with Crippen LogP contribution < -0.4 is 11.1 Å². The predicted molar refractivity (Wildman–Crippen MR) is 82.9 cm³/mol. The lowest BCUT2D eigenvalue weighted by Gasteiger charge is -2.07. The predicted octanol–water partition coefficient (Wildman–Crippen LogP) is 2.92. The van der Waals surface area contributed by atoms with E-state index in [1.807, 2.05) is 18.4 Å². The van der Waals surface area contributed by atoms with Crippen LogP contribution in [0.4, 0.5) is 5.82 Å². The van der Waals surface area contributed by atoms with Crippen molar-refractivity contribution < 1.29 is 4.79 Å². The molecule has 0 aliphatic rings. The van der Waals surface area contributed by atoms with Gasteiger partial charge in [-0.1, -0.05) is 13.3 Å². The van der Waals surface area contributed by atoms with E-state index >= 15 is 0 Å². The number of nitrogen functional groups attached to an aromatic ring is 1. The van der Waals surface area contributed by atoms with Crippen LogP contribution in [0.1, 0.15) is 39.8 Å². The maximum absolute atomic E-state index is 12.2. The summed E-state index contributed by atoms with van der Waals surface area (Å²) in [5.41, 5.74) is 8.40. The summed E-state index contributed by atoms with van der Waals surface area (Å²) in [6.45, 7) is 4.67. The number of carbonyl (C=O) groups is 1. The lowest BCUT2D eigenvalue weighted by Crippen LogP contribution is -2.23. The first-order chi connectivity index (χ1) is 9.60. The zero-order chi connectivity index (χ0) is 14.5. The fourth-order valence-electron chi connectivity index (χ4n) is 1.97. The molecule has 1 amide bonds. The summed E-state index contributed by atoms with van der Waals surface area (Å²) in [6, 6.07) is 5.49. The van der Waals surface area contributed by atoms with Crippen molar-refractivity contribution in [1.82, 2.24) is 10.3 Å². The van der Waals surface area contributed by atoms with Gasteiger partial charge in [-0.25, -0.2) is 4.98 Å². The van der Waals surface area contributed by atoms with Gasteiger partial charge in [-0.05, 0) is 42.5 Å². The Hall–Kier alpha value is -1.88. The molecule has 0 atom stereocenters. The maximum Gasteiger partial charge on any atom is 0.251 e. The van der Waals surface area contributed by atoms with Gasteiger partial charge < -0.3 is 11.1 Å². The molecule has 0 bridgehead atoms. The van der Waals surface area contributed by atoms with Crippen molar-refractivity contribution in [2.75, 3.05) is 5.73 Å². The smallest absolute Gasteiger partial charge is 0.251 e. The number of nitrogens with one attached hydrogen (secondary N) is 1. The molecular formula is C15H19N3OS. The summed E-state index contributed by atoms with van der Waals surface area (Å²) < 4.78 is 0. The highest BCUT2D eigenvalue weighted by molar-refractivity contribution is 7.10. The third-order valence-electron chi connectivity index (χ3n) is 3.04. The highest BCUT2D eigenvalue weighted by Crippen LogP contribution is 2.15. The van der Waals surface area contributed by atoms with Gasteiger partial charge in [0.1, 0.15) is 5.82 Å². The SMILES string of the molecule is CCCc1cc(C(=O)NCc2sccc2C)cc(N)n1. The Kier molecular flexibility index (Phi) is 4.74. The van der Waals surface area contributed by atoms with E-state index in [1.54, 1.807) is 17.4 Å². The van der Waals surface area contributed by atoms with Crippen LogP contribution in [0.15, 0.2) is 23.6 Å². The topological polar surface area (TPSA) is 68.0 Å². The summed E-state index contributed by atoms with van der Waals surface area (Å²) in [4.78, 5) is 17.6. The maximum atomic E-state index is 12.2. The number of aryl methyl sites for hydroxylation is 2. The number of nitrogens with zero attached hydrogens (tertiary/aromatic N) is 1. The number of anilines is 1. The number of nitrogens with two attached hydrogens (primary N) is 1. The standard InChI is InChI=1S/C15H19N3OS/c1-3-4-12-7-11(8-14(16)18-12)15(19)17-9-13-10(2)5-6-20-13/h5-8H,3-4,9H2,1-2H3,(H2,16,18)(H,17,19). The van der Waals surface area contributed by atoms with Crippen LogP contribution in [0, 0.1) is 6.92 Å². The van der Waals surface area contributed by atoms with E-state index in [2.05, 4.69) is 23.3 Å². The first-order valence-corrected chi connectivity index (χ1v) is 7.55. The molecule has 0 radical (unpaired) electrons. The second-order valence-electron chi connectivity index (χ2n) is 4.73. The second-order valence-corrected chi connectivity index (χ2v) is 5.73. The molecule has 5 heteroatoms. The van der Waals surface area contributed by atoms with Gasteiger partial charge in [0.05, 0.1) is 6.54 Å². The molecule has 0 fully saturated rings. The highest BCUT2D eigenvalue weighted by Gasteiger charge is 2.09. The Balaban J connectivity index is 2.07. The van der Waals surface area contributed by atoms with Crippen molar-refractivity contribution in [3.63, 3.8) is 0 Å². The average molecular weight is 289 g/mol. The minimum atomic E-state index is -0.107. The Morgan fingerprint density at radius 3 is 2.90 bits per heavy atom. The zero-order valence-corrected chi connectivity index (χ0v) is 12.6. The summed E-state index contributed by atoms with van der Waals surface area (Å²) in [5.74, 6) is 0.289. The highest BCUT2D eigenvalue weighted by atomic mass is 32.1. The fourth-order valence-corrected chi connectivity index (χ4v) is 2.82. The van der Waals surface area contributed by atoms with Crippen molar-refractivity contribution in [2.45, 2.75) is 33.2 Å². The molecule has 2 aromatic heterocycles. The van der Waals surface area contributed by atoms with Gasteiger partial charge >= 0.3 is 0 Å².